The maximum Gasteiger partial charge on any atom is 0.287 e. The largest absolute Gasteiger partial charge is 0.393 e. The fraction of sp³-hybridized carbons (Fsp3) is 0.100. The smallest absolute Gasteiger partial charge is 0.287 e. The number of para-hydroxylation sites is 1. The van der Waals surface area contributed by atoms with E-state index < -0.39 is 0 Å². The summed E-state index contributed by atoms with van der Waals surface area (Å²) in [5.74, 6) is 0. The number of rotatable bonds is 1. The van der Waals surface area contributed by atoms with Crippen LogP contribution in [0.1, 0.15) is 5.69 Å². The SMILES string of the molecule is Cc1c(N)c(=O)[nH]n1-c1ccccc1. The fourth-order valence-electron chi connectivity index (χ4n) is 1.37. The number of nitrogens with one attached hydrogen (secondary N) is 1. The molecular weight excluding hydrogens is 178 g/mol. The topological polar surface area (TPSA) is 63.8 Å². The van der Waals surface area contributed by atoms with Crippen LogP contribution in [-0.4, -0.2) is 9.78 Å². The lowest BCUT2D eigenvalue weighted by Crippen LogP contribution is -2.06. The van der Waals surface area contributed by atoms with Gasteiger partial charge in [-0.1, -0.05) is 18.2 Å². The molecule has 0 aliphatic carbocycles. The second-order valence-electron chi connectivity index (χ2n) is 3.11. The van der Waals surface area contributed by atoms with Crippen molar-refractivity contribution < 1.29 is 0 Å². The van der Waals surface area contributed by atoms with Gasteiger partial charge in [0.15, 0.2) is 0 Å². The van der Waals surface area contributed by atoms with E-state index >= 15 is 0 Å². The van der Waals surface area contributed by atoms with Crippen LogP contribution in [0.4, 0.5) is 5.69 Å². The Morgan fingerprint density at radius 1 is 1.29 bits per heavy atom. The zero-order valence-corrected chi connectivity index (χ0v) is 7.82. The normalized spacial score (nSPS) is 10.4. The van der Waals surface area contributed by atoms with Gasteiger partial charge in [-0.3, -0.25) is 14.6 Å². The molecule has 0 atom stereocenters. The summed E-state index contributed by atoms with van der Waals surface area (Å²) in [4.78, 5) is 11.2. The molecule has 14 heavy (non-hydrogen) atoms. The maximum atomic E-state index is 11.2. The predicted octanol–water partition coefficient (Wildman–Crippen LogP) is 1.06. The molecule has 0 aliphatic rings. The zero-order valence-electron chi connectivity index (χ0n) is 7.82. The first kappa shape index (κ1) is 8.62. The summed E-state index contributed by atoms with van der Waals surface area (Å²) >= 11 is 0. The van der Waals surface area contributed by atoms with Crippen LogP contribution in [0.25, 0.3) is 5.69 Å². The molecular formula is C10H11N3O. The minimum atomic E-state index is -0.244. The Labute approximate surface area is 81.0 Å². The van der Waals surface area contributed by atoms with Crippen molar-refractivity contribution in [2.75, 3.05) is 5.73 Å². The van der Waals surface area contributed by atoms with E-state index in [0.717, 1.165) is 11.4 Å². The molecule has 0 unspecified atom stereocenters. The molecule has 0 fully saturated rings. The van der Waals surface area contributed by atoms with Gasteiger partial charge in [0, 0.05) is 0 Å². The molecule has 72 valence electrons. The molecule has 0 amide bonds. The van der Waals surface area contributed by atoms with Crippen LogP contribution in [0.2, 0.25) is 0 Å². The third-order valence-corrected chi connectivity index (χ3v) is 2.20. The average Bonchev–Trinajstić information content (AvgIpc) is 2.47. The summed E-state index contributed by atoms with van der Waals surface area (Å²) in [6.07, 6.45) is 0. The fourth-order valence-corrected chi connectivity index (χ4v) is 1.37. The van der Waals surface area contributed by atoms with Crippen molar-refractivity contribution in [2.24, 2.45) is 0 Å². The van der Waals surface area contributed by atoms with Crippen LogP contribution < -0.4 is 11.3 Å². The molecule has 2 aromatic rings. The molecule has 0 saturated heterocycles. The van der Waals surface area contributed by atoms with Crippen molar-refractivity contribution in [3.63, 3.8) is 0 Å². The summed E-state index contributed by atoms with van der Waals surface area (Å²) in [6, 6.07) is 9.54. The molecule has 2 rings (SSSR count). The van der Waals surface area contributed by atoms with Crippen LogP contribution in [-0.2, 0) is 0 Å². The monoisotopic (exact) mass is 189 g/mol. The highest BCUT2D eigenvalue weighted by Gasteiger charge is 2.07. The Hall–Kier alpha value is -1.97. The highest BCUT2D eigenvalue weighted by atomic mass is 16.1. The van der Waals surface area contributed by atoms with Crippen molar-refractivity contribution >= 4 is 5.69 Å². The van der Waals surface area contributed by atoms with Gasteiger partial charge in [-0.2, -0.15) is 0 Å². The van der Waals surface area contributed by atoms with Crippen LogP contribution in [0, 0.1) is 6.92 Å². The van der Waals surface area contributed by atoms with E-state index in [-0.39, 0.29) is 11.2 Å². The Balaban J connectivity index is 2.64. The summed E-state index contributed by atoms with van der Waals surface area (Å²) in [7, 11) is 0. The lowest BCUT2D eigenvalue weighted by Gasteiger charge is -2.03. The molecule has 1 aromatic carbocycles. The minimum Gasteiger partial charge on any atom is -0.393 e. The highest BCUT2D eigenvalue weighted by molar-refractivity contribution is 5.45. The van der Waals surface area contributed by atoms with Crippen LogP contribution in [0.3, 0.4) is 0 Å². The number of anilines is 1. The number of nitrogens with zero attached hydrogens (tertiary/aromatic N) is 1. The molecule has 1 aromatic heterocycles. The van der Waals surface area contributed by atoms with Crippen molar-refractivity contribution in [2.45, 2.75) is 6.92 Å². The standard InChI is InChI=1S/C10H11N3O/c1-7-9(11)10(14)12-13(7)8-5-3-2-4-6-8/h2-6H,11H2,1H3,(H,12,14). The summed E-state index contributed by atoms with van der Waals surface area (Å²) in [6.45, 7) is 1.81. The van der Waals surface area contributed by atoms with Gasteiger partial charge in [-0.15, -0.1) is 0 Å². The molecule has 4 heteroatoms. The van der Waals surface area contributed by atoms with Crippen LogP contribution in [0.5, 0.6) is 0 Å². The molecule has 1 heterocycles. The first-order chi connectivity index (χ1) is 6.70. The molecule has 0 aliphatic heterocycles. The van der Waals surface area contributed by atoms with Crippen molar-refractivity contribution in [3.8, 4) is 5.69 Å². The van der Waals surface area contributed by atoms with E-state index in [2.05, 4.69) is 5.10 Å². The van der Waals surface area contributed by atoms with Gasteiger partial charge in [-0.25, -0.2) is 0 Å². The van der Waals surface area contributed by atoms with Gasteiger partial charge < -0.3 is 5.73 Å². The number of aromatic nitrogens is 2. The first-order valence-electron chi connectivity index (χ1n) is 4.32. The molecule has 0 bridgehead atoms. The van der Waals surface area contributed by atoms with Crippen molar-refractivity contribution in [1.82, 2.24) is 9.78 Å². The van der Waals surface area contributed by atoms with Gasteiger partial charge >= 0.3 is 0 Å². The van der Waals surface area contributed by atoms with Crippen LogP contribution >= 0.6 is 0 Å². The van der Waals surface area contributed by atoms with E-state index in [1.807, 2.05) is 30.3 Å². The Morgan fingerprint density at radius 2 is 1.93 bits per heavy atom. The first-order valence-corrected chi connectivity index (χ1v) is 4.32. The molecule has 0 saturated carbocycles. The number of H-pyrrole nitrogens is 1. The van der Waals surface area contributed by atoms with E-state index in [0.29, 0.717) is 0 Å². The third kappa shape index (κ3) is 1.21. The second kappa shape index (κ2) is 3.06. The third-order valence-electron chi connectivity index (χ3n) is 2.20. The quantitative estimate of drug-likeness (QED) is 0.704. The van der Waals surface area contributed by atoms with Crippen molar-refractivity contribution in [1.29, 1.82) is 0 Å². The van der Waals surface area contributed by atoms with Crippen LogP contribution in [0.15, 0.2) is 35.1 Å². The molecule has 0 radical (unpaired) electrons. The minimum absolute atomic E-state index is 0.244. The second-order valence-corrected chi connectivity index (χ2v) is 3.11. The number of aromatic amines is 1. The Kier molecular flexibility index (Phi) is 1.89. The summed E-state index contributed by atoms with van der Waals surface area (Å²) < 4.78 is 1.68. The Morgan fingerprint density at radius 3 is 2.43 bits per heavy atom. The molecule has 0 spiro atoms. The van der Waals surface area contributed by atoms with Gasteiger partial charge in [0.05, 0.1) is 11.4 Å². The molecule has 3 N–H and O–H groups in total. The van der Waals surface area contributed by atoms with E-state index in [9.17, 15) is 4.79 Å². The zero-order chi connectivity index (χ0) is 10.1. The number of nitrogens with two attached hydrogens (primary N) is 1. The van der Waals surface area contributed by atoms with Gasteiger partial charge in [0.25, 0.3) is 5.56 Å². The van der Waals surface area contributed by atoms with Gasteiger partial charge in [0.2, 0.25) is 0 Å². The number of hydrogen-bond donors (Lipinski definition) is 2. The van der Waals surface area contributed by atoms with E-state index in [1.54, 1.807) is 11.6 Å². The predicted molar refractivity (Wildman–Crippen MR) is 55.5 cm³/mol. The average molecular weight is 189 g/mol. The number of nitrogen functional groups attached to an aromatic ring is 1. The lowest BCUT2D eigenvalue weighted by molar-refractivity contribution is 0.834. The van der Waals surface area contributed by atoms with E-state index in [1.165, 1.54) is 0 Å². The summed E-state index contributed by atoms with van der Waals surface area (Å²) in [5, 5.41) is 2.66. The lowest BCUT2D eigenvalue weighted by atomic mass is 10.3. The summed E-state index contributed by atoms with van der Waals surface area (Å²) in [5.41, 5.74) is 7.24. The number of benzene rings is 1. The van der Waals surface area contributed by atoms with Gasteiger partial charge in [-0.05, 0) is 19.1 Å². The maximum absolute atomic E-state index is 11.2. The Bertz CT molecular complexity index is 496. The highest BCUT2D eigenvalue weighted by Crippen LogP contribution is 2.11. The number of hydrogen-bond acceptors (Lipinski definition) is 2. The van der Waals surface area contributed by atoms with Gasteiger partial charge in [0.1, 0.15) is 5.69 Å². The molecule has 4 nitrogen and oxygen atoms in total. The van der Waals surface area contributed by atoms with Crippen molar-refractivity contribution in [3.05, 3.63) is 46.4 Å². The van der Waals surface area contributed by atoms with E-state index in [4.69, 9.17) is 5.73 Å².